The van der Waals surface area contributed by atoms with Crippen molar-refractivity contribution in [1.29, 1.82) is 0 Å². The van der Waals surface area contributed by atoms with Crippen LogP contribution in [0.15, 0.2) is 42.5 Å². The Balaban J connectivity index is 2.10. The highest BCUT2D eigenvalue weighted by Gasteiger charge is 2.08. The summed E-state index contributed by atoms with van der Waals surface area (Å²) in [6.07, 6.45) is 0. The minimum Gasteiger partial charge on any atom is -0.306 e. The van der Waals surface area contributed by atoms with Crippen molar-refractivity contribution in [2.24, 2.45) is 0 Å². The van der Waals surface area contributed by atoms with Gasteiger partial charge in [-0.1, -0.05) is 35.3 Å². The standard InChI is InChI=1S/C13H9Cl2IN2O/c14-9-3-1-2-4-11(9)17-13(19)18-12-7-8(16)5-6-10(12)15/h1-7H,(H2,17,18,19). The Morgan fingerprint density at radius 3 is 2.32 bits per heavy atom. The second-order valence-electron chi connectivity index (χ2n) is 3.68. The van der Waals surface area contributed by atoms with E-state index in [-0.39, 0.29) is 0 Å². The first-order valence-electron chi connectivity index (χ1n) is 5.34. The van der Waals surface area contributed by atoms with Gasteiger partial charge in [0.25, 0.3) is 0 Å². The number of nitrogens with one attached hydrogen (secondary N) is 2. The Hall–Kier alpha value is -0.980. The van der Waals surface area contributed by atoms with Crippen molar-refractivity contribution in [2.75, 3.05) is 10.6 Å². The molecule has 2 N–H and O–H groups in total. The molecule has 0 aliphatic heterocycles. The van der Waals surface area contributed by atoms with Crippen molar-refractivity contribution in [3.63, 3.8) is 0 Å². The van der Waals surface area contributed by atoms with Gasteiger partial charge in [0.05, 0.1) is 21.4 Å². The molecule has 0 spiro atoms. The Labute approximate surface area is 134 Å². The summed E-state index contributed by atoms with van der Waals surface area (Å²) >= 11 is 14.1. The molecule has 0 aliphatic rings. The van der Waals surface area contributed by atoms with Crippen LogP contribution in [0.4, 0.5) is 16.2 Å². The van der Waals surface area contributed by atoms with Gasteiger partial charge in [0.15, 0.2) is 0 Å². The second-order valence-corrected chi connectivity index (χ2v) is 5.74. The predicted octanol–water partition coefficient (Wildman–Crippen LogP) is 5.24. The average Bonchev–Trinajstić information content (AvgIpc) is 2.37. The van der Waals surface area contributed by atoms with Gasteiger partial charge in [-0.15, -0.1) is 0 Å². The highest BCUT2D eigenvalue weighted by Crippen LogP contribution is 2.25. The van der Waals surface area contributed by atoms with Crippen molar-refractivity contribution in [3.05, 3.63) is 56.1 Å². The molecule has 0 atom stereocenters. The Kier molecular flexibility index (Phi) is 4.90. The zero-order valence-corrected chi connectivity index (χ0v) is 13.3. The molecule has 98 valence electrons. The number of hydrogen-bond donors (Lipinski definition) is 2. The van der Waals surface area contributed by atoms with E-state index < -0.39 is 6.03 Å². The summed E-state index contributed by atoms with van der Waals surface area (Å²) < 4.78 is 0.982. The van der Waals surface area contributed by atoms with E-state index in [0.717, 1.165) is 3.57 Å². The first kappa shape index (κ1) is 14.4. The summed E-state index contributed by atoms with van der Waals surface area (Å²) in [6.45, 7) is 0. The smallest absolute Gasteiger partial charge is 0.306 e. The van der Waals surface area contributed by atoms with Crippen molar-refractivity contribution in [2.45, 2.75) is 0 Å². The highest BCUT2D eigenvalue weighted by atomic mass is 127. The second kappa shape index (κ2) is 6.45. The van der Waals surface area contributed by atoms with Gasteiger partial charge in [-0.3, -0.25) is 0 Å². The molecule has 2 rings (SSSR count). The van der Waals surface area contributed by atoms with Crippen molar-refractivity contribution in [1.82, 2.24) is 0 Å². The molecule has 0 saturated carbocycles. The summed E-state index contributed by atoms with van der Waals surface area (Å²) in [7, 11) is 0. The first-order valence-corrected chi connectivity index (χ1v) is 7.17. The third-order valence-corrected chi connectivity index (χ3v) is 3.63. The molecule has 0 heterocycles. The normalized spacial score (nSPS) is 10.1. The maximum Gasteiger partial charge on any atom is 0.323 e. The van der Waals surface area contributed by atoms with Crippen LogP contribution in [0.3, 0.4) is 0 Å². The molecule has 2 aromatic rings. The number of carbonyl (C=O) groups excluding carboxylic acids is 1. The van der Waals surface area contributed by atoms with Gasteiger partial charge in [0.2, 0.25) is 0 Å². The molecular weight excluding hydrogens is 398 g/mol. The van der Waals surface area contributed by atoms with Crippen LogP contribution in [0.1, 0.15) is 0 Å². The van der Waals surface area contributed by atoms with Crippen LogP contribution in [-0.2, 0) is 0 Å². The van der Waals surface area contributed by atoms with E-state index in [0.29, 0.717) is 21.4 Å². The lowest BCUT2D eigenvalue weighted by Crippen LogP contribution is -2.19. The van der Waals surface area contributed by atoms with Crippen molar-refractivity contribution < 1.29 is 4.79 Å². The van der Waals surface area contributed by atoms with Crippen LogP contribution in [0, 0.1) is 3.57 Å². The highest BCUT2D eigenvalue weighted by molar-refractivity contribution is 14.1. The molecule has 0 fully saturated rings. The van der Waals surface area contributed by atoms with Gasteiger partial charge < -0.3 is 10.6 Å². The molecule has 0 bridgehead atoms. The number of rotatable bonds is 2. The lowest BCUT2D eigenvalue weighted by Gasteiger charge is -2.10. The molecule has 0 saturated heterocycles. The van der Waals surface area contributed by atoms with Gasteiger partial charge in [-0.25, -0.2) is 4.79 Å². The van der Waals surface area contributed by atoms with Crippen LogP contribution in [0.25, 0.3) is 0 Å². The SMILES string of the molecule is O=C(Nc1ccccc1Cl)Nc1cc(I)ccc1Cl. The Bertz CT molecular complexity index is 619. The van der Waals surface area contributed by atoms with Gasteiger partial charge in [0, 0.05) is 3.57 Å². The zero-order chi connectivity index (χ0) is 13.8. The van der Waals surface area contributed by atoms with Crippen LogP contribution >= 0.6 is 45.8 Å². The van der Waals surface area contributed by atoms with E-state index in [1.807, 2.05) is 6.07 Å². The Morgan fingerprint density at radius 2 is 1.58 bits per heavy atom. The fraction of sp³-hybridized carbons (Fsp3) is 0. The number of carbonyl (C=O) groups is 1. The molecule has 0 aliphatic carbocycles. The molecular formula is C13H9Cl2IN2O. The van der Waals surface area contributed by atoms with Crippen molar-refractivity contribution >= 4 is 63.2 Å². The van der Waals surface area contributed by atoms with Crippen LogP contribution in [-0.4, -0.2) is 6.03 Å². The van der Waals surface area contributed by atoms with E-state index in [2.05, 4.69) is 33.2 Å². The molecule has 6 heteroatoms. The number of benzene rings is 2. The van der Waals surface area contributed by atoms with E-state index in [1.54, 1.807) is 36.4 Å². The molecule has 2 aromatic carbocycles. The molecule has 19 heavy (non-hydrogen) atoms. The molecule has 2 amide bonds. The number of amides is 2. The summed E-state index contributed by atoms with van der Waals surface area (Å²) in [4.78, 5) is 11.9. The lowest BCUT2D eigenvalue weighted by molar-refractivity contribution is 0.262. The molecule has 0 aromatic heterocycles. The summed E-state index contributed by atoms with van der Waals surface area (Å²) in [5.41, 5.74) is 1.10. The average molecular weight is 407 g/mol. The minimum absolute atomic E-state index is 0.392. The monoisotopic (exact) mass is 406 g/mol. The van der Waals surface area contributed by atoms with Crippen LogP contribution < -0.4 is 10.6 Å². The maximum absolute atomic E-state index is 11.9. The first-order chi connectivity index (χ1) is 9.06. The van der Waals surface area contributed by atoms with E-state index in [4.69, 9.17) is 23.2 Å². The third kappa shape index (κ3) is 3.99. The van der Waals surface area contributed by atoms with Crippen LogP contribution in [0.2, 0.25) is 10.0 Å². The van der Waals surface area contributed by atoms with Gasteiger partial charge in [-0.2, -0.15) is 0 Å². The number of hydrogen-bond acceptors (Lipinski definition) is 1. The maximum atomic E-state index is 11.9. The fourth-order valence-electron chi connectivity index (χ4n) is 1.43. The topological polar surface area (TPSA) is 41.1 Å². The lowest BCUT2D eigenvalue weighted by atomic mass is 10.3. The molecule has 0 radical (unpaired) electrons. The predicted molar refractivity (Wildman–Crippen MR) is 88.3 cm³/mol. The fourth-order valence-corrected chi connectivity index (χ4v) is 2.27. The van der Waals surface area contributed by atoms with E-state index in [1.165, 1.54) is 0 Å². The van der Waals surface area contributed by atoms with Crippen molar-refractivity contribution in [3.8, 4) is 0 Å². The molecule has 3 nitrogen and oxygen atoms in total. The number of halogens is 3. The third-order valence-electron chi connectivity index (χ3n) is 2.30. The van der Waals surface area contributed by atoms with Gasteiger partial charge >= 0.3 is 6.03 Å². The minimum atomic E-state index is -0.392. The summed E-state index contributed by atoms with van der Waals surface area (Å²) in [5.74, 6) is 0. The summed E-state index contributed by atoms with van der Waals surface area (Å²) in [5, 5.41) is 6.30. The van der Waals surface area contributed by atoms with Gasteiger partial charge in [0.1, 0.15) is 0 Å². The van der Waals surface area contributed by atoms with Gasteiger partial charge in [-0.05, 0) is 52.9 Å². The number of anilines is 2. The Morgan fingerprint density at radius 1 is 0.947 bits per heavy atom. The number of para-hydroxylation sites is 1. The quantitative estimate of drug-likeness (QED) is 0.657. The van der Waals surface area contributed by atoms with E-state index in [9.17, 15) is 4.79 Å². The zero-order valence-electron chi connectivity index (χ0n) is 9.58. The summed E-state index contributed by atoms with van der Waals surface area (Å²) in [6, 6.07) is 12.0. The number of urea groups is 1. The van der Waals surface area contributed by atoms with Crippen LogP contribution in [0.5, 0.6) is 0 Å². The largest absolute Gasteiger partial charge is 0.323 e. The molecule has 0 unspecified atom stereocenters. The van der Waals surface area contributed by atoms with E-state index >= 15 is 0 Å².